The van der Waals surface area contributed by atoms with Gasteiger partial charge in [0.1, 0.15) is 5.82 Å². The van der Waals surface area contributed by atoms with Crippen LogP contribution in [-0.4, -0.2) is 40.1 Å². The lowest BCUT2D eigenvalue weighted by Crippen LogP contribution is -2.34. The first kappa shape index (κ1) is 21.1. The fourth-order valence-corrected chi connectivity index (χ4v) is 4.13. The number of methoxy groups -OCH3 is 1. The molecule has 3 heterocycles. The molecule has 7 nitrogen and oxygen atoms in total. The summed E-state index contributed by atoms with van der Waals surface area (Å²) < 4.78 is 11.2. The molecule has 1 fully saturated rings. The molecule has 0 unspecified atom stereocenters. The molecular formula is C24H28N4O3. The van der Waals surface area contributed by atoms with Crippen molar-refractivity contribution in [3.8, 4) is 22.9 Å². The number of ether oxygens (including phenoxy) is 2. The lowest BCUT2D eigenvalue weighted by Gasteiger charge is -2.35. The Kier molecular flexibility index (Phi) is 6.62. The van der Waals surface area contributed by atoms with Crippen molar-refractivity contribution in [2.75, 3.05) is 20.3 Å². The van der Waals surface area contributed by atoms with Gasteiger partial charge in [-0.25, -0.2) is 4.98 Å². The van der Waals surface area contributed by atoms with E-state index in [9.17, 15) is 4.79 Å². The van der Waals surface area contributed by atoms with Crippen LogP contribution in [0.3, 0.4) is 0 Å². The smallest absolute Gasteiger partial charge is 0.251 e. The molecule has 0 bridgehead atoms. The van der Waals surface area contributed by atoms with Gasteiger partial charge >= 0.3 is 0 Å². The van der Waals surface area contributed by atoms with Gasteiger partial charge in [-0.1, -0.05) is 12.5 Å². The van der Waals surface area contributed by atoms with Crippen LogP contribution in [0.2, 0.25) is 0 Å². The van der Waals surface area contributed by atoms with Crippen molar-refractivity contribution in [3.63, 3.8) is 0 Å². The number of aromatic amines is 1. The molecule has 0 amide bonds. The van der Waals surface area contributed by atoms with Crippen LogP contribution in [0.1, 0.15) is 43.5 Å². The van der Waals surface area contributed by atoms with E-state index in [2.05, 4.69) is 20.9 Å². The minimum absolute atomic E-state index is 0.0919. The molecule has 1 saturated heterocycles. The summed E-state index contributed by atoms with van der Waals surface area (Å²) in [5.74, 6) is 2.07. The number of hydrogen-bond acceptors (Lipinski definition) is 6. The molecule has 3 aromatic rings. The molecule has 4 rings (SSSR count). The molecule has 0 saturated carbocycles. The molecule has 1 atom stereocenters. The van der Waals surface area contributed by atoms with E-state index in [-0.39, 0.29) is 11.6 Å². The monoisotopic (exact) mass is 420 g/mol. The van der Waals surface area contributed by atoms with E-state index in [0.29, 0.717) is 12.4 Å². The van der Waals surface area contributed by atoms with Crippen LogP contribution < -0.4 is 15.0 Å². The van der Waals surface area contributed by atoms with Gasteiger partial charge in [-0.3, -0.25) is 14.7 Å². The molecular weight excluding hydrogens is 392 g/mol. The number of likely N-dealkylation sites (tertiary alicyclic amines) is 1. The number of aromatic nitrogens is 3. The number of hydrogen-bond donors (Lipinski definition) is 1. The topological polar surface area (TPSA) is 80.3 Å². The molecule has 1 aromatic carbocycles. The minimum atomic E-state index is -0.134. The summed E-state index contributed by atoms with van der Waals surface area (Å²) in [5.41, 5.74) is 2.68. The van der Waals surface area contributed by atoms with Crippen molar-refractivity contribution in [1.82, 2.24) is 19.9 Å². The predicted octanol–water partition coefficient (Wildman–Crippen LogP) is 3.97. The van der Waals surface area contributed by atoms with Crippen LogP contribution in [0.15, 0.2) is 53.6 Å². The Bertz CT molecular complexity index is 1070. The summed E-state index contributed by atoms with van der Waals surface area (Å²) >= 11 is 0. The van der Waals surface area contributed by atoms with Crippen LogP contribution in [0.25, 0.3) is 11.4 Å². The molecule has 0 aliphatic carbocycles. The largest absolute Gasteiger partial charge is 0.493 e. The van der Waals surface area contributed by atoms with Crippen LogP contribution in [0.4, 0.5) is 0 Å². The second-order valence-electron chi connectivity index (χ2n) is 7.66. The third kappa shape index (κ3) is 4.94. The van der Waals surface area contributed by atoms with Gasteiger partial charge in [-0.15, -0.1) is 0 Å². The SMILES string of the molecule is CCOc1ccc(CN2CCCC[C@@H]2c2cc(=O)[nH]c(-c3ccncc3)n2)cc1OC. The summed E-state index contributed by atoms with van der Waals surface area (Å²) in [6, 6.07) is 11.5. The second kappa shape index (κ2) is 9.75. The Morgan fingerprint density at radius 2 is 1.97 bits per heavy atom. The zero-order valence-corrected chi connectivity index (χ0v) is 18.0. The fraction of sp³-hybridized carbons (Fsp3) is 0.375. The van der Waals surface area contributed by atoms with Gasteiger partial charge < -0.3 is 14.5 Å². The summed E-state index contributed by atoms with van der Waals surface area (Å²) in [7, 11) is 1.66. The Labute approximate surface area is 182 Å². The Morgan fingerprint density at radius 3 is 2.74 bits per heavy atom. The van der Waals surface area contributed by atoms with E-state index < -0.39 is 0 Å². The third-order valence-electron chi connectivity index (χ3n) is 5.58. The molecule has 7 heteroatoms. The van der Waals surface area contributed by atoms with Crippen molar-refractivity contribution in [2.45, 2.75) is 38.8 Å². The van der Waals surface area contributed by atoms with E-state index in [1.807, 2.05) is 31.2 Å². The molecule has 1 N–H and O–H groups in total. The highest BCUT2D eigenvalue weighted by Crippen LogP contribution is 2.33. The third-order valence-corrected chi connectivity index (χ3v) is 5.58. The van der Waals surface area contributed by atoms with Crippen molar-refractivity contribution in [3.05, 3.63) is 70.4 Å². The van der Waals surface area contributed by atoms with Crippen molar-refractivity contribution in [2.24, 2.45) is 0 Å². The molecule has 2 aromatic heterocycles. The highest BCUT2D eigenvalue weighted by Gasteiger charge is 2.26. The van der Waals surface area contributed by atoms with Gasteiger partial charge in [-0.05, 0) is 56.1 Å². The first-order valence-corrected chi connectivity index (χ1v) is 10.7. The number of rotatable bonds is 7. The minimum Gasteiger partial charge on any atom is -0.493 e. The molecule has 162 valence electrons. The first-order chi connectivity index (χ1) is 15.2. The maximum absolute atomic E-state index is 12.4. The van der Waals surface area contributed by atoms with Crippen LogP contribution in [0.5, 0.6) is 11.5 Å². The van der Waals surface area contributed by atoms with E-state index >= 15 is 0 Å². The maximum atomic E-state index is 12.4. The van der Waals surface area contributed by atoms with Crippen molar-refractivity contribution in [1.29, 1.82) is 0 Å². The molecule has 1 aliphatic rings. The normalized spacial score (nSPS) is 16.8. The molecule has 0 spiro atoms. The Hall–Kier alpha value is -3.19. The van der Waals surface area contributed by atoms with E-state index in [4.69, 9.17) is 14.5 Å². The predicted molar refractivity (Wildman–Crippen MR) is 119 cm³/mol. The number of H-pyrrole nitrogens is 1. The summed E-state index contributed by atoms with van der Waals surface area (Å²) in [4.78, 5) is 26.5. The fourth-order valence-electron chi connectivity index (χ4n) is 4.13. The van der Waals surface area contributed by atoms with Gasteiger partial charge in [0.15, 0.2) is 11.5 Å². The van der Waals surface area contributed by atoms with Crippen LogP contribution >= 0.6 is 0 Å². The number of nitrogens with one attached hydrogen (secondary N) is 1. The highest BCUT2D eigenvalue weighted by molar-refractivity contribution is 5.53. The van der Waals surface area contributed by atoms with Gasteiger partial charge in [0, 0.05) is 30.6 Å². The average molecular weight is 421 g/mol. The average Bonchev–Trinajstić information content (AvgIpc) is 2.81. The maximum Gasteiger partial charge on any atom is 0.251 e. The highest BCUT2D eigenvalue weighted by atomic mass is 16.5. The van der Waals surface area contributed by atoms with E-state index in [1.165, 1.54) is 0 Å². The zero-order valence-electron chi connectivity index (χ0n) is 18.0. The number of pyridine rings is 1. The second-order valence-corrected chi connectivity index (χ2v) is 7.66. The lowest BCUT2D eigenvalue weighted by atomic mass is 9.98. The molecule has 0 radical (unpaired) electrons. The summed E-state index contributed by atoms with van der Waals surface area (Å²) in [6.45, 7) is 4.27. The summed E-state index contributed by atoms with van der Waals surface area (Å²) in [6.07, 6.45) is 6.63. The van der Waals surface area contributed by atoms with E-state index in [0.717, 1.165) is 60.7 Å². The Morgan fingerprint density at radius 1 is 1.13 bits per heavy atom. The van der Waals surface area contributed by atoms with Crippen LogP contribution in [-0.2, 0) is 6.54 Å². The van der Waals surface area contributed by atoms with Crippen molar-refractivity contribution >= 4 is 0 Å². The molecule has 1 aliphatic heterocycles. The van der Waals surface area contributed by atoms with Gasteiger partial charge in [0.05, 0.1) is 25.5 Å². The number of nitrogens with zero attached hydrogens (tertiary/aromatic N) is 3. The van der Waals surface area contributed by atoms with Crippen LogP contribution in [0, 0.1) is 0 Å². The quantitative estimate of drug-likeness (QED) is 0.623. The molecule has 31 heavy (non-hydrogen) atoms. The first-order valence-electron chi connectivity index (χ1n) is 10.7. The van der Waals surface area contributed by atoms with Gasteiger partial charge in [0.25, 0.3) is 5.56 Å². The van der Waals surface area contributed by atoms with E-state index in [1.54, 1.807) is 25.6 Å². The number of benzene rings is 1. The van der Waals surface area contributed by atoms with Gasteiger partial charge in [0.2, 0.25) is 0 Å². The lowest BCUT2D eigenvalue weighted by molar-refractivity contribution is 0.137. The van der Waals surface area contributed by atoms with Crippen molar-refractivity contribution < 1.29 is 9.47 Å². The standard InChI is InChI=1S/C24H28N4O3/c1-3-31-21-8-7-17(14-22(21)30-2)16-28-13-5-4-6-20(28)19-15-23(29)27-24(26-19)18-9-11-25-12-10-18/h7-12,14-15,20H,3-6,13,16H2,1-2H3,(H,26,27,29)/t20-/m1/s1. The zero-order chi connectivity index (χ0) is 21.6. The Balaban J connectivity index is 1.61. The summed E-state index contributed by atoms with van der Waals surface area (Å²) in [5, 5.41) is 0. The van der Waals surface area contributed by atoms with Gasteiger partial charge in [-0.2, -0.15) is 0 Å². The number of piperidine rings is 1.